The van der Waals surface area contributed by atoms with Crippen LogP contribution >= 0.6 is 0 Å². The van der Waals surface area contributed by atoms with E-state index in [9.17, 15) is 9.59 Å². The van der Waals surface area contributed by atoms with E-state index in [0.717, 1.165) is 4.90 Å². The monoisotopic (exact) mass is 229 g/mol. The minimum atomic E-state index is -0.757. The van der Waals surface area contributed by atoms with Crippen LogP contribution < -0.4 is 0 Å². The number of carbonyl (C=O) groups excluding carboxylic acids is 2. The molecule has 1 aromatic heterocycles. The summed E-state index contributed by atoms with van der Waals surface area (Å²) in [5, 5.41) is 8.93. The summed E-state index contributed by atoms with van der Waals surface area (Å²) < 4.78 is 0. The summed E-state index contributed by atoms with van der Waals surface area (Å²) in [6, 6.07) is 5.25. The molecule has 5 nitrogen and oxygen atoms in total. The van der Waals surface area contributed by atoms with Crippen LogP contribution in [-0.4, -0.2) is 28.2 Å². The highest BCUT2D eigenvalue weighted by Gasteiger charge is 2.39. The highest BCUT2D eigenvalue weighted by atomic mass is 16.2. The van der Waals surface area contributed by atoms with Crippen LogP contribution in [-0.2, 0) is 0 Å². The molecular formula is C12H11N3O2. The van der Waals surface area contributed by atoms with Crippen molar-refractivity contribution in [3.05, 3.63) is 29.6 Å². The van der Waals surface area contributed by atoms with Crippen LogP contribution in [0.4, 0.5) is 0 Å². The molecule has 0 aliphatic carbocycles. The number of aromatic nitrogens is 1. The van der Waals surface area contributed by atoms with E-state index < -0.39 is 11.3 Å². The van der Waals surface area contributed by atoms with Gasteiger partial charge in [-0.15, -0.1) is 0 Å². The van der Waals surface area contributed by atoms with E-state index in [1.807, 2.05) is 0 Å². The Labute approximate surface area is 98.7 Å². The quantitative estimate of drug-likeness (QED) is 0.715. The molecule has 0 saturated heterocycles. The molecule has 0 fully saturated rings. The molecule has 0 saturated carbocycles. The van der Waals surface area contributed by atoms with Crippen LogP contribution in [0.2, 0.25) is 0 Å². The lowest BCUT2D eigenvalue weighted by Gasteiger charge is -2.21. The summed E-state index contributed by atoms with van der Waals surface area (Å²) in [5.41, 5.74) is -0.273. The van der Waals surface area contributed by atoms with Gasteiger partial charge in [0.05, 0.1) is 17.0 Å². The SMILES string of the molecule is CC(C)(C#N)CN1C(=O)c2cccnc2C1=O. The number of hydrogen-bond donors (Lipinski definition) is 0. The molecule has 2 heterocycles. The number of hydrogen-bond acceptors (Lipinski definition) is 4. The van der Waals surface area contributed by atoms with Crippen molar-refractivity contribution in [3.8, 4) is 6.07 Å². The first-order chi connectivity index (χ1) is 7.96. The number of carbonyl (C=O) groups is 2. The molecule has 1 aromatic rings. The van der Waals surface area contributed by atoms with Crippen molar-refractivity contribution in [1.29, 1.82) is 5.26 Å². The molecule has 5 heteroatoms. The van der Waals surface area contributed by atoms with Crippen LogP contribution in [0.25, 0.3) is 0 Å². The van der Waals surface area contributed by atoms with Crippen LogP contribution in [0.3, 0.4) is 0 Å². The van der Waals surface area contributed by atoms with Crippen LogP contribution in [0.15, 0.2) is 18.3 Å². The number of nitriles is 1. The Hall–Kier alpha value is -2.22. The Morgan fingerprint density at radius 3 is 2.71 bits per heavy atom. The van der Waals surface area contributed by atoms with Gasteiger partial charge in [-0.25, -0.2) is 0 Å². The van der Waals surface area contributed by atoms with E-state index in [-0.39, 0.29) is 18.1 Å². The summed E-state index contributed by atoms with van der Waals surface area (Å²) in [7, 11) is 0. The standard InChI is InChI=1S/C12H11N3O2/c1-12(2,6-13)7-15-10(16)8-4-3-5-14-9(8)11(15)17/h3-5H,7H2,1-2H3. The molecule has 2 amide bonds. The van der Waals surface area contributed by atoms with Gasteiger partial charge in [0.2, 0.25) is 0 Å². The summed E-state index contributed by atoms with van der Waals surface area (Å²) >= 11 is 0. The third kappa shape index (κ3) is 1.78. The van der Waals surface area contributed by atoms with E-state index in [4.69, 9.17) is 5.26 Å². The van der Waals surface area contributed by atoms with E-state index in [1.54, 1.807) is 26.0 Å². The minimum absolute atomic E-state index is 0.0809. The summed E-state index contributed by atoms with van der Waals surface area (Å²) in [6.07, 6.45) is 1.48. The molecular weight excluding hydrogens is 218 g/mol. The second kappa shape index (κ2) is 3.67. The van der Waals surface area contributed by atoms with Gasteiger partial charge in [0.15, 0.2) is 0 Å². The maximum absolute atomic E-state index is 12.0. The second-order valence-electron chi connectivity index (χ2n) is 4.59. The highest BCUT2D eigenvalue weighted by Crippen LogP contribution is 2.25. The first kappa shape index (κ1) is 11.3. The van der Waals surface area contributed by atoms with E-state index in [2.05, 4.69) is 11.1 Å². The summed E-state index contributed by atoms with van der Waals surface area (Å²) in [6.45, 7) is 3.45. The van der Waals surface area contributed by atoms with Crippen molar-refractivity contribution in [2.24, 2.45) is 5.41 Å². The molecule has 0 atom stereocenters. The zero-order valence-electron chi connectivity index (χ0n) is 9.60. The molecule has 1 aliphatic rings. The van der Waals surface area contributed by atoms with Crippen LogP contribution in [0.1, 0.15) is 34.7 Å². The Kier molecular flexibility index (Phi) is 2.43. The van der Waals surface area contributed by atoms with Gasteiger partial charge in [0.1, 0.15) is 5.69 Å². The second-order valence-corrected chi connectivity index (χ2v) is 4.59. The molecule has 0 unspecified atom stereocenters. The molecule has 2 rings (SSSR count). The van der Waals surface area contributed by atoms with Crippen molar-refractivity contribution in [2.45, 2.75) is 13.8 Å². The van der Waals surface area contributed by atoms with Crippen LogP contribution in [0, 0.1) is 16.7 Å². The molecule has 0 radical (unpaired) electrons. The lowest BCUT2D eigenvalue weighted by Crippen LogP contribution is -2.37. The summed E-state index contributed by atoms with van der Waals surface area (Å²) in [5.74, 6) is -0.796. The average Bonchev–Trinajstić information content (AvgIpc) is 2.55. The van der Waals surface area contributed by atoms with Gasteiger partial charge < -0.3 is 0 Å². The molecule has 0 bridgehead atoms. The van der Waals surface area contributed by atoms with Crippen LogP contribution in [0.5, 0.6) is 0 Å². The number of nitrogens with zero attached hydrogens (tertiary/aromatic N) is 3. The van der Waals surface area contributed by atoms with E-state index in [0.29, 0.717) is 5.56 Å². The van der Waals surface area contributed by atoms with Crippen molar-refractivity contribution >= 4 is 11.8 Å². The van der Waals surface area contributed by atoms with E-state index >= 15 is 0 Å². The Balaban J connectivity index is 2.35. The van der Waals surface area contributed by atoms with Gasteiger partial charge in [-0.3, -0.25) is 19.5 Å². The topological polar surface area (TPSA) is 74.1 Å². The number of amides is 2. The van der Waals surface area contributed by atoms with Gasteiger partial charge in [-0.05, 0) is 26.0 Å². The average molecular weight is 229 g/mol. The smallest absolute Gasteiger partial charge is 0.271 e. The maximum atomic E-state index is 12.0. The number of fused-ring (bicyclic) bond motifs is 1. The summed E-state index contributed by atoms with van der Waals surface area (Å²) in [4.78, 5) is 28.9. The molecule has 17 heavy (non-hydrogen) atoms. The van der Waals surface area contributed by atoms with Gasteiger partial charge in [0, 0.05) is 12.7 Å². The first-order valence-electron chi connectivity index (χ1n) is 5.19. The van der Waals surface area contributed by atoms with Gasteiger partial charge in [-0.1, -0.05) is 0 Å². The van der Waals surface area contributed by atoms with Gasteiger partial charge in [-0.2, -0.15) is 5.26 Å². The number of rotatable bonds is 2. The number of pyridine rings is 1. The van der Waals surface area contributed by atoms with E-state index in [1.165, 1.54) is 6.20 Å². The fourth-order valence-corrected chi connectivity index (χ4v) is 1.69. The highest BCUT2D eigenvalue weighted by molar-refractivity contribution is 6.20. The molecule has 1 aliphatic heterocycles. The zero-order valence-corrected chi connectivity index (χ0v) is 9.60. The normalized spacial score (nSPS) is 14.8. The first-order valence-corrected chi connectivity index (χ1v) is 5.19. The number of imide groups is 1. The molecule has 0 spiro atoms. The van der Waals surface area contributed by atoms with Crippen molar-refractivity contribution in [2.75, 3.05) is 6.54 Å². The molecule has 0 N–H and O–H groups in total. The van der Waals surface area contributed by atoms with Crippen molar-refractivity contribution in [3.63, 3.8) is 0 Å². The lowest BCUT2D eigenvalue weighted by atomic mass is 9.95. The lowest BCUT2D eigenvalue weighted by molar-refractivity contribution is 0.0614. The Bertz CT molecular complexity index is 508. The third-order valence-electron chi connectivity index (χ3n) is 2.59. The third-order valence-corrected chi connectivity index (χ3v) is 2.59. The molecule has 0 aromatic carbocycles. The Morgan fingerprint density at radius 1 is 1.41 bits per heavy atom. The minimum Gasteiger partial charge on any atom is -0.271 e. The van der Waals surface area contributed by atoms with Crippen molar-refractivity contribution in [1.82, 2.24) is 9.88 Å². The largest absolute Gasteiger partial charge is 0.280 e. The fraction of sp³-hybridized carbons (Fsp3) is 0.333. The maximum Gasteiger partial charge on any atom is 0.280 e. The fourth-order valence-electron chi connectivity index (χ4n) is 1.69. The Morgan fingerprint density at radius 2 is 2.12 bits per heavy atom. The van der Waals surface area contributed by atoms with Gasteiger partial charge in [0.25, 0.3) is 11.8 Å². The zero-order chi connectivity index (χ0) is 12.6. The predicted octanol–water partition coefficient (Wildman–Crippen LogP) is 1.23. The van der Waals surface area contributed by atoms with Crippen molar-refractivity contribution < 1.29 is 9.59 Å². The molecule has 86 valence electrons. The van der Waals surface area contributed by atoms with Gasteiger partial charge >= 0.3 is 0 Å². The predicted molar refractivity (Wildman–Crippen MR) is 59.0 cm³/mol.